The maximum atomic E-state index is 12.9. The maximum Gasteiger partial charge on any atom is 0.337 e. The number of aliphatic hydroxyl groups is 5. The quantitative estimate of drug-likeness (QED) is 0.109. The zero-order valence-corrected chi connectivity index (χ0v) is 24.5. The van der Waals surface area contributed by atoms with Gasteiger partial charge in [0.2, 0.25) is 6.29 Å². The number of hydrogen-bond donors (Lipinski definition) is 6. The van der Waals surface area contributed by atoms with E-state index in [1.54, 1.807) is 0 Å². The minimum atomic E-state index is -1.64. The van der Waals surface area contributed by atoms with E-state index in [1.165, 1.54) is 13.4 Å². The van der Waals surface area contributed by atoms with Crippen molar-refractivity contribution in [2.24, 2.45) is 23.7 Å². The average Bonchev–Trinajstić information content (AvgIpc) is 3.01. The van der Waals surface area contributed by atoms with Crippen LogP contribution in [0, 0.1) is 23.7 Å². The molecular formula is C30H45NO12. The molecule has 0 aromatic heterocycles. The van der Waals surface area contributed by atoms with Crippen molar-refractivity contribution < 1.29 is 64.1 Å². The molecule has 13 nitrogen and oxygen atoms in total. The number of carboxylic acid groups (broad SMARTS) is 1. The molecule has 13 heteroatoms. The van der Waals surface area contributed by atoms with Gasteiger partial charge in [-0.15, -0.1) is 0 Å². The summed E-state index contributed by atoms with van der Waals surface area (Å²) in [6.45, 7) is 0.667. The highest BCUT2D eigenvalue weighted by Gasteiger charge is 2.47. The number of carboxylic acids is 1. The van der Waals surface area contributed by atoms with E-state index >= 15 is 0 Å². The molecule has 43 heavy (non-hydrogen) atoms. The van der Waals surface area contributed by atoms with Gasteiger partial charge >= 0.3 is 5.97 Å². The van der Waals surface area contributed by atoms with E-state index in [9.17, 15) is 40.2 Å². The topological polar surface area (TPSA) is 200 Å². The fraction of sp³-hybridized carbons (Fsp3) is 0.733. The minimum absolute atomic E-state index is 0.0760. The van der Waals surface area contributed by atoms with Crippen molar-refractivity contribution in [1.29, 1.82) is 0 Å². The van der Waals surface area contributed by atoms with Gasteiger partial charge in [-0.25, -0.2) is 4.79 Å². The Balaban J connectivity index is 1.66. The Kier molecular flexibility index (Phi) is 12.1. The highest BCUT2D eigenvalue weighted by Crippen LogP contribution is 2.39. The van der Waals surface area contributed by atoms with Gasteiger partial charge in [-0.1, -0.05) is 30.2 Å². The molecule has 242 valence electrons. The van der Waals surface area contributed by atoms with E-state index in [1.807, 2.05) is 18.2 Å². The lowest BCUT2D eigenvalue weighted by atomic mass is 9.79. The van der Waals surface area contributed by atoms with Crippen LogP contribution in [0.15, 0.2) is 35.6 Å². The zero-order chi connectivity index (χ0) is 31.1. The van der Waals surface area contributed by atoms with E-state index < -0.39 is 73.3 Å². The summed E-state index contributed by atoms with van der Waals surface area (Å²) in [4.78, 5) is 25.6. The van der Waals surface area contributed by atoms with Crippen molar-refractivity contribution in [1.82, 2.24) is 0 Å². The molecule has 1 saturated carbocycles. The third-order valence-electron chi connectivity index (χ3n) is 8.94. The van der Waals surface area contributed by atoms with Crippen LogP contribution in [0.3, 0.4) is 0 Å². The average molecular weight is 612 g/mol. The first-order valence-electron chi connectivity index (χ1n) is 15.1. The molecular weight excluding hydrogens is 566 g/mol. The third kappa shape index (κ3) is 8.22. The van der Waals surface area contributed by atoms with Gasteiger partial charge in [0.25, 0.3) is 0 Å². The van der Waals surface area contributed by atoms with Crippen LogP contribution >= 0.6 is 0 Å². The number of esters is 1. The first-order chi connectivity index (χ1) is 20.7. The summed E-state index contributed by atoms with van der Waals surface area (Å²) < 4.78 is 22.6. The second kappa shape index (κ2) is 15.6. The van der Waals surface area contributed by atoms with Crippen LogP contribution in [-0.4, -0.2) is 114 Å². The number of carbonyl (C=O) groups excluding carboxylic acids is 2. The molecule has 0 aromatic carbocycles. The minimum Gasteiger partial charge on any atom is -0.550 e. The summed E-state index contributed by atoms with van der Waals surface area (Å²) in [5.74, 6) is -3.85. The lowest BCUT2D eigenvalue weighted by molar-refractivity contribution is -0.911. The van der Waals surface area contributed by atoms with Gasteiger partial charge in [0, 0.05) is 17.8 Å². The van der Waals surface area contributed by atoms with Crippen LogP contribution in [0.4, 0.5) is 0 Å². The van der Waals surface area contributed by atoms with Gasteiger partial charge in [0.15, 0.2) is 6.29 Å². The summed E-state index contributed by atoms with van der Waals surface area (Å²) in [5, 5.41) is 62.0. The molecule has 0 amide bonds. The Labute approximate surface area is 251 Å². The second-order valence-electron chi connectivity index (χ2n) is 11.9. The molecule has 3 aliphatic heterocycles. The number of carbonyl (C=O) groups is 2. The van der Waals surface area contributed by atoms with Crippen LogP contribution in [0.2, 0.25) is 0 Å². The number of aliphatic hydroxyl groups excluding tert-OH is 5. The van der Waals surface area contributed by atoms with Crippen LogP contribution in [0.1, 0.15) is 38.5 Å². The predicted molar refractivity (Wildman–Crippen MR) is 146 cm³/mol. The molecule has 0 aromatic rings. The smallest absolute Gasteiger partial charge is 0.337 e. The molecule has 0 spiro atoms. The Bertz CT molecular complexity index is 1040. The Morgan fingerprint density at radius 2 is 1.79 bits per heavy atom. The number of nitrogens with one attached hydrogen (secondary N) is 1. The molecule has 3 fully saturated rings. The van der Waals surface area contributed by atoms with Crippen LogP contribution in [0.5, 0.6) is 0 Å². The third-order valence-corrected chi connectivity index (χ3v) is 8.94. The number of aliphatic carboxylic acids is 1. The highest BCUT2D eigenvalue weighted by atomic mass is 16.8. The van der Waals surface area contributed by atoms with Crippen LogP contribution in [-0.2, 0) is 28.5 Å². The Morgan fingerprint density at radius 1 is 1.05 bits per heavy atom. The molecule has 3 unspecified atom stereocenters. The molecule has 6 N–H and O–H groups in total. The highest BCUT2D eigenvalue weighted by molar-refractivity contribution is 5.89. The van der Waals surface area contributed by atoms with Crippen LogP contribution < -0.4 is 10.0 Å². The summed E-state index contributed by atoms with van der Waals surface area (Å²) in [5.41, 5.74) is 1.37. The number of likely N-dealkylation sites (tertiary alicyclic amines) is 1. The first kappa shape index (κ1) is 33.5. The van der Waals surface area contributed by atoms with E-state index in [2.05, 4.69) is 0 Å². The predicted octanol–water partition coefficient (Wildman–Crippen LogP) is -2.84. The van der Waals surface area contributed by atoms with Crippen molar-refractivity contribution in [3.8, 4) is 0 Å². The number of methoxy groups -OCH3 is 1. The molecule has 0 bridgehead atoms. The molecule has 4 rings (SSSR count). The number of ether oxygens (including phenoxy) is 4. The standard InChI is InChI=1S/C30H45NO12/c1-40-28(39)22-16-41-29(43-30-26(36)25(35)24(34)23(15-33)42-30)21(12-17-5-3-2-4-6-17)20(22)8-7-18-11-19(27(37)38)14-31(13-18)9-10-32/h7-8,12,16,18-21,23-26,29-30,32-36H,2-6,9-11,13-15H2,1H3,(H,37,38)/t18?,19?,20-,21+,23+,24+,25-,26+,29-,30+/m0/s1. The maximum absolute atomic E-state index is 12.9. The number of quaternary nitrogens is 1. The van der Waals surface area contributed by atoms with Crippen molar-refractivity contribution >= 4 is 11.9 Å². The van der Waals surface area contributed by atoms with Gasteiger partial charge in [0.1, 0.15) is 31.0 Å². The van der Waals surface area contributed by atoms with Crippen molar-refractivity contribution in [3.63, 3.8) is 0 Å². The lowest BCUT2D eigenvalue weighted by Crippen LogP contribution is -3.15. The fourth-order valence-electron chi connectivity index (χ4n) is 6.58. The number of piperidine rings is 1. The van der Waals surface area contributed by atoms with Crippen LogP contribution in [0.25, 0.3) is 0 Å². The molecule has 3 heterocycles. The van der Waals surface area contributed by atoms with Gasteiger partial charge in [-0.2, -0.15) is 0 Å². The molecule has 4 aliphatic rings. The van der Waals surface area contributed by atoms with Crippen molar-refractivity contribution in [3.05, 3.63) is 35.6 Å². The van der Waals surface area contributed by atoms with E-state index in [4.69, 9.17) is 18.9 Å². The fourth-order valence-corrected chi connectivity index (χ4v) is 6.58. The normalized spacial score (nSPS) is 38.7. The van der Waals surface area contributed by atoms with Crippen molar-refractivity contribution in [2.45, 2.75) is 75.5 Å². The largest absolute Gasteiger partial charge is 0.550 e. The molecule has 1 aliphatic carbocycles. The Hall–Kier alpha value is -2.36. The van der Waals surface area contributed by atoms with Gasteiger partial charge in [0.05, 0.1) is 57.1 Å². The SMILES string of the molecule is COC(=O)C1=CO[C@@H](O[C@H]2O[C@H](CO)[C@@H](O)[C@H](O)[C@H]2O)[C@H](C=C2CCCCC2)[C@@H]1C=CC1CC(C(=O)[O-])C[NH+](CCO)C1. The number of hydrogen-bond acceptors (Lipinski definition) is 12. The van der Waals surface area contributed by atoms with Gasteiger partial charge in [-0.05, 0) is 32.1 Å². The number of rotatable bonds is 10. The molecule has 0 radical (unpaired) electrons. The van der Waals surface area contributed by atoms with Gasteiger partial charge < -0.3 is 59.3 Å². The van der Waals surface area contributed by atoms with E-state index in [-0.39, 0.29) is 18.1 Å². The summed E-state index contributed by atoms with van der Waals surface area (Å²) in [7, 11) is 1.26. The van der Waals surface area contributed by atoms with Gasteiger partial charge in [-0.3, -0.25) is 0 Å². The monoisotopic (exact) mass is 611 g/mol. The van der Waals surface area contributed by atoms with Crippen molar-refractivity contribution in [2.75, 3.05) is 40.0 Å². The lowest BCUT2D eigenvalue weighted by Gasteiger charge is -2.43. The zero-order valence-electron chi connectivity index (χ0n) is 24.5. The summed E-state index contributed by atoms with van der Waals surface area (Å²) in [6.07, 6.45) is 3.57. The Morgan fingerprint density at radius 3 is 2.44 bits per heavy atom. The molecule has 11 atom stereocenters. The first-order valence-corrected chi connectivity index (χ1v) is 15.1. The van der Waals surface area contributed by atoms with E-state index in [0.29, 0.717) is 26.1 Å². The number of allylic oxidation sites excluding steroid dienone is 2. The second-order valence-corrected chi connectivity index (χ2v) is 11.9. The molecule has 2 saturated heterocycles. The summed E-state index contributed by atoms with van der Waals surface area (Å²) >= 11 is 0. The summed E-state index contributed by atoms with van der Waals surface area (Å²) in [6, 6.07) is 0. The van der Waals surface area contributed by atoms with E-state index in [0.717, 1.165) is 42.6 Å².